The van der Waals surface area contributed by atoms with Crippen LogP contribution in [0.4, 0.5) is 0 Å². The van der Waals surface area contributed by atoms with E-state index in [1.165, 1.54) is 18.2 Å². The van der Waals surface area contributed by atoms with Crippen LogP contribution in [-0.4, -0.2) is 26.2 Å². The van der Waals surface area contributed by atoms with Crippen molar-refractivity contribution in [3.8, 4) is 17.2 Å². The summed E-state index contributed by atoms with van der Waals surface area (Å²) in [5.41, 5.74) is 0. The molecular formula is C9H6Cl3NO5. The van der Waals surface area contributed by atoms with Crippen LogP contribution >= 0.6 is 34.8 Å². The molecule has 1 N–H and O–H groups in total. The highest BCUT2D eigenvalue weighted by Crippen LogP contribution is 2.52. The fourth-order valence-corrected chi connectivity index (χ4v) is 1.90. The molecule has 18 heavy (non-hydrogen) atoms. The molecule has 1 atom stereocenters. The van der Waals surface area contributed by atoms with Gasteiger partial charge in [-0.25, -0.2) is 0 Å². The van der Waals surface area contributed by atoms with Crippen LogP contribution in [0, 0.1) is 10.1 Å². The Morgan fingerprint density at radius 2 is 2.06 bits per heavy atom. The fraction of sp³-hybridized carbons (Fsp3) is 0.333. The molecule has 6 nitrogen and oxygen atoms in total. The summed E-state index contributed by atoms with van der Waals surface area (Å²) < 4.78 is 8.22. The maximum Gasteiger partial charge on any atom is 0.365 e. The van der Waals surface area contributed by atoms with E-state index in [4.69, 9.17) is 44.3 Å². The molecule has 0 aliphatic carbocycles. The third kappa shape index (κ3) is 2.11. The summed E-state index contributed by atoms with van der Waals surface area (Å²) in [5, 5.41) is 20.2. The number of halogens is 3. The summed E-state index contributed by atoms with van der Waals surface area (Å²) in [6.07, 6.45) is 0. The Labute approximate surface area is 116 Å². The van der Waals surface area contributed by atoms with E-state index < -0.39 is 21.0 Å². The molecule has 1 aliphatic heterocycles. The molecule has 0 unspecified atom stereocenters. The van der Waals surface area contributed by atoms with Crippen molar-refractivity contribution in [2.75, 3.05) is 6.54 Å². The second kappa shape index (κ2) is 4.22. The minimum atomic E-state index is -2.20. The van der Waals surface area contributed by atoms with Crippen molar-refractivity contribution in [1.29, 1.82) is 0 Å². The Kier molecular flexibility index (Phi) is 3.12. The zero-order valence-electron chi connectivity index (χ0n) is 8.60. The highest BCUT2D eigenvalue weighted by molar-refractivity contribution is 6.68. The van der Waals surface area contributed by atoms with Crippen LogP contribution in [0.2, 0.25) is 0 Å². The number of hydrogen-bond acceptors (Lipinski definition) is 5. The number of benzene rings is 1. The van der Waals surface area contributed by atoms with Crippen molar-refractivity contribution >= 4 is 34.8 Å². The Morgan fingerprint density at radius 3 is 2.56 bits per heavy atom. The van der Waals surface area contributed by atoms with E-state index in [1.807, 2.05) is 0 Å². The number of fused-ring (bicyclic) bond motifs is 1. The Bertz CT molecular complexity index is 503. The minimum Gasteiger partial charge on any atom is -0.504 e. The first-order valence-corrected chi connectivity index (χ1v) is 5.77. The van der Waals surface area contributed by atoms with Gasteiger partial charge >= 0.3 is 5.79 Å². The van der Waals surface area contributed by atoms with E-state index in [0.717, 1.165) is 0 Å². The van der Waals surface area contributed by atoms with Crippen LogP contribution in [0.25, 0.3) is 0 Å². The number of nitro groups is 1. The molecule has 0 bridgehead atoms. The molecule has 1 aliphatic rings. The number of hydrogen-bond donors (Lipinski definition) is 1. The smallest absolute Gasteiger partial charge is 0.365 e. The van der Waals surface area contributed by atoms with Gasteiger partial charge in [-0.05, 0) is 12.1 Å². The van der Waals surface area contributed by atoms with Crippen molar-refractivity contribution in [3.05, 3.63) is 28.3 Å². The number of phenols is 1. The zero-order valence-corrected chi connectivity index (χ0v) is 10.9. The van der Waals surface area contributed by atoms with Gasteiger partial charge in [0.05, 0.1) is 0 Å². The Balaban J connectivity index is 2.44. The molecule has 0 saturated heterocycles. The lowest BCUT2D eigenvalue weighted by atomic mass is 10.3. The van der Waals surface area contributed by atoms with Gasteiger partial charge in [-0.1, -0.05) is 40.9 Å². The molecule has 0 aromatic heterocycles. The molecule has 0 saturated carbocycles. The van der Waals surface area contributed by atoms with E-state index in [2.05, 4.69) is 0 Å². The molecule has 2 rings (SSSR count). The second-order valence-electron chi connectivity index (χ2n) is 3.55. The van der Waals surface area contributed by atoms with Crippen molar-refractivity contribution in [1.82, 2.24) is 0 Å². The molecule has 1 aromatic carbocycles. The average molecular weight is 315 g/mol. The first-order chi connectivity index (χ1) is 8.25. The molecule has 0 amide bonds. The standard InChI is InChI=1S/C9H6Cl3NO5/c10-9(11,12)8(4-13(15)16)17-6-3-1-2-5(14)7(6)18-8/h1-3,14H,4H2/t8-/m1/s1. The molecule has 1 aromatic rings. The summed E-state index contributed by atoms with van der Waals surface area (Å²) in [6.45, 7) is -0.891. The lowest BCUT2D eigenvalue weighted by Gasteiger charge is -2.29. The predicted molar refractivity (Wildman–Crippen MR) is 64.2 cm³/mol. The first-order valence-electron chi connectivity index (χ1n) is 4.64. The topological polar surface area (TPSA) is 81.8 Å². The quantitative estimate of drug-likeness (QED) is 0.515. The van der Waals surface area contributed by atoms with Crippen LogP contribution in [0.3, 0.4) is 0 Å². The lowest BCUT2D eigenvalue weighted by molar-refractivity contribution is -0.509. The van der Waals surface area contributed by atoms with Crippen LogP contribution in [0.5, 0.6) is 17.2 Å². The predicted octanol–water partition coefficient (Wildman–Crippen LogP) is 2.51. The number of ether oxygens (including phenoxy) is 2. The molecule has 98 valence electrons. The van der Waals surface area contributed by atoms with Gasteiger partial charge in [-0.3, -0.25) is 10.1 Å². The molecule has 9 heteroatoms. The third-order valence-corrected chi connectivity index (χ3v) is 3.13. The third-order valence-electron chi connectivity index (χ3n) is 2.27. The molecule has 1 heterocycles. The van der Waals surface area contributed by atoms with Gasteiger partial charge in [-0.15, -0.1) is 0 Å². The van der Waals surface area contributed by atoms with Crippen molar-refractivity contribution in [2.24, 2.45) is 0 Å². The number of phenolic OH excluding ortho intramolecular Hbond substituents is 1. The van der Waals surface area contributed by atoms with Gasteiger partial charge in [0.1, 0.15) is 0 Å². The van der Waals surface area contributed by atoms with Crippen molar-refractivity contribution in [3.63, 3.8) is 0 Å². The van der Waals surface area contributed by atoms with E-state index in [0.29, 0.717) is 0 Å². The lowest BCUT2D eigenvalue weighted by Crippen LogP contribution is -2.55. The normalized spacial score (nSPS) is 21.9. The molecule has 0 fully saturated rings. The summed E-state index contributed by atoms with van der Waals surface area (Å²) in [5.74, 6) is -2.39. The van der Waals surface area contributed by atoms with E-state index in [9.17, 15) is 15.2 Å². The maximum absolute atomic E-state index is 10.7. The van der Waals surface area contributed by atoms with Crippen LogP contribution in [0.15, 0.2) is 18.2 Å². The van der Waals surface area contributed by atoms with Gasteiger partial charge in [0.2, 0.25) is 5.75 Å². The van der Waals surface area contributed by atoms with Crippen LogP contribution < -0.4 is 9.47 Å². The van der Waals surface area contributed by atoms with Crippen molar-refractivity contribution in [2.45, 2.75) is 9.58 Å². The van der Waals surface area contributed by atoms with Gasteiger partial charge in [0.25, 0.3) is 10.3 Å². The van der Waals surface area contributed by atoms with Crippen molar-refractivity contribution < 1.29 is 19.5 Å². The summed E-state index contributed by atoms with van der Waals surface area (Å²) in [7, 11) is 0. The summed E-state index contributed by atoms with van der Waals surface area (Å²) in [4.78, 5) is 9.92. The highest BCUT2D eigenvalue weighted by Gasteiger charge is 2.62. The number of alkyl halides is 3. The largest absolute Gasteiger partial charge is 0.504 e. The fourth-order valence-electron chi connectivity index (χ4n) is 1.49. The summed E-state index contributed by atoms with van der Waals surface area (Å²) >= 11 is 17.0. The van der Waals surface area contributed by atoms with Crippen LogP contribution in [0.1, 0.15) is 0 Å². The molecule has 0 radical (unpaired) electrons. The monoisotopic (exact) mass is 313 g/mol. The van der Waals surface area contributed by atoms with E-state index >= 15 is 0 Å². The first kappa shape index (κ1) is 13.3. The van der Waals surface area contributed by atoms with E-state index in [-0.39, 0.29) is 17.2 Å². The zero-order chi connectivity index (χ0) is 13.6. The van der Waals surface area contributed by atoms with Gasteiger partial charge in [0, 0.05) is 4.92 Å². The Hall–Kier alpha value is -1.11. The average Bonchev–Trinajstić information content (AvgIpc) is 2.57. The van der Waals surface area contributed by atoms with Crippen LogP contribution in [-0.2, 0) is 0 Å². The number of nitrogens with zero attached hydrogens (tertiary/aromatic N) is 1. The van der Waals surface area contributed by atoms with Gasteiger partial charge in [0.15, 0.2) is 11.5 Å². The number of aromatic hydroxyl groups is 1. The van der Waals surface area contributed by atoms with E-state index in [1.54, 1.807) is 0 Å². The molecular weight excluding hydrogens is 308 g/mol. The second-order valence-corrected chi connectivity index (χ2v) is 5.83. The highest BCUT2D eigenvalue weighted by atomic mass is 35.6. The summed E-state index contributed by atoms with van der Waals surface area (Å²) in [6, 6.07) is 4.23. The van der Waals surface area contributed by atoms with Gasteiger partial charge < -0.3 is 14.6 Å². The SMILES string of the molecule is O=[N+]([O-])C[C@@]1(C(Cl)(Cl)Cl)Oc2cccc(O)c2O1. The molecule has 0 spiro atoms. The minimum absolute atomic E-state index is 0.0724. The Morgan fingerprint density at radius 1 is 1.39 bits per heavy atom. The number of rotatable bonds is 2. The van der Waals surface area contributed by atoms with Gasteiger partial charge in [-0.2, -0.15) is 0 Å². The maximum atomic E-state index is 10.7. The number of para-hydroxylation sites is 1.